The number of rotatable bonds is 6. The summed E-state index contributed by atoms with van der Waals surface area (Å²) >= 11 is 0. The summed E-state index contributed by atoms with van der Waals surface area (Å²) in [7, 11) is 1.54. The van der Waals surface area contributed by atoms with Crippen molar-refractivity contribution in [3.63, 3.8) is 0 Å². The number of piperazine rings is 1. The van der Waals surface area contributed by atoms with Crippen LogP contribution < -0.4 is 15.2 Å². The predicted octanol–water partition coefficient (Wildman–Crippen LogP) is 4.93. The molecule has 1 aliphatic heterocycles. The second kappa shape index (κ2) is 11.2. The van der Waals surface area contributed by atoms with Gasteiger partial charge in [0.05, 0.1) is 28.7 Å². The Bertz CT molecular complexity index is 1860. The van der Waals surface area contributed by atoms with Crippen LogP contribution in [0, 0.1) is 10.1 Å². The lowest BCUT2D eigenvalue weighted by Gasteiger charge is -2.36. The van der Waals surface area contributed by atoms with Gasteiger partial charge in [-0.3, -0.25) is 19.7 Å². The maximum absolute atomic E-state index is 13.7. The van der Waals surface area contributed by atoms with Crippen LogP contribution >= 0.6 is 0 Å². The zero-order valence-electron chi connectivity index (χ0n) is 22.8. The molecule has 10 heteroatoms. The summed E-state index contributed by atoms with van der Waals surface area (Å²) in [6.07, 6.45) is 0. The largest absolute Gasteiger partial charge is 0.496 e. The van der Waals surface area contributed by atoms with Crippen LogP contribution in [0.1, 0.15) is 10.4 Å². The molecule has 2 heterocycles. The number of carbonyl (C=O) groups excluding carboxylic acids is 1. The number of para-hydroxylation sites is 1. The number of fused-ring (bicyclic) bond motifs is 1. The number of nitrogens with zero attached hydrogens (tertiary/aromatic N) is 5. The molecular weight excluding hydrogens is 534 g/mol. The number of nitro groups is 1. The van der Waals surface area contributed by atoms with Gasteiger partial charge in [0, 0.05) is 48.9 Å². The Hall–Kier alpha value is -5.51. The second-order valence-electron chi connectivity index (χ2n) is 9.89. The Labute approximate surface area is 241 Å². The molecule has 0 bridgehead atoms. The zero-order chi connectivity index (χ0) is 29.2. The molecule has 1 saturated heterocycles. The molecule has 0 radical (unpaired) electrons. The lowest BCUT2D eigenvalue weighted by atomic mass is 10.1. The van der Waals surface area contributed by atoms with E-state index in [1.165, 1.54) is 13.2 Å². The van der Waals surface area contributed by atoms with Crippen LogP contribution in [0.2, 0.25) is 0 Å². The van der Waals surface area contributed by atoms with Gasteiger partial charge in [-0.15, -0.1) is 0 Å². The van der Waals surface area contributed by atoms with Gasteiger partial charge in [-0.05, 0) is 30.3 Å². The standard InChI is InChI=1S/C32H27N5O5/c1-42-29-14-8-7-13-26(29)31(38)35-19-17-34(18-20-35)23-15-16-27(37(40)41)28(21-23)36-32(39)25-12-6-5-11-24(25)30(33-36)22-9-3-2-4-10-22/h2-16,21H,17-20H2,1H3. The highest BCUT2D eigenvalue weighted by molar-refractivity contribution is 5.97. The van der Waals surface area contributed by atoms with E-state index in [0.29, 0.717) is 59.6 Å². The Morgan fingerprint density at radius 3 is 2.24 bits per heavy atom. The summed E-state index contributed by atoms with van der Waals surface area (Å²) in [4.78, 5) is 42.3. The van der Waals surface area contributed by atoms with Gasteiger partial charge in [-0.25, -0.2) is 0 Å². The molecule has 0 aliphatic carbocycles. The van der Waals surface area contributed by atoms with Crippen molar-refractivity contribution in [1.29, 1.82) is 0 Å². The summed E-state index contributed by atoms with van der Waals surface area (Å²) in [5.41, 5.74) is 1.94. The molecule has 0 N–H and O–H groups in total. The molecule has 0 saturated carbocycles. The van der Waals surface area contributed by atoms with Crippen LogP contribution in [0.5, 0.6) is 5.75 Å². The summed E-state index contributed by atoms with van der Waals surface area (Å²) in [6.45, 7) is 1.92. The Balaban J connectivity index is 1.37. The molecular formula is C32H27N5O5. The smallest absolute Gasteiger partial charge is 0.295 e. The van der Waals surface area contributed by atoms with Gasteiger partial charge in [0.25, 0.3) is 17.2 Å². The number of methoxy groups -OCH3 is 1. The minimum absolute atomic E-state index is 0.0814. The van der Waals surface area contributed by atoms with E-state index in [9.17, 15) is 19.7 Å². The highest BCUT2D eigenvalue weighted by atomic mass is 16.6. The van der Waals surface area contributed by atoms with Gasteiger partial charge in [-0.2, -0.15) is 9.78 Å². The first-order valence-corrected chi connectivity index (χ1v) is 13.5. The summed E-state index contributed by atoms with van der Waals surface area (Å²) < 4.78 is 6.49. The van der Waals surface area contributed by atoms with Crippen molar-refractivity contribution in [3.05, 3.63) is 123 Å². The molecule has 1 amide bonds. The number of amides is 1. The molecule has 10 nitrogen and oxygen atoms in total. The van der Waals surface area contributed by atoms with E-state index in [4.69, 9.17) is 4.74 Å². The van der Waals surface area contributed by atoms with Gasteiger partial charge >= 0.3 is 0 Å². The SMILES string of the molecule is COc1ccccc1C(=O)N1CCN(c2ccc([N+](=O)[O-])c(-n3nc(-c4ccccc4)c4ccccc4c3=O)c2)CC1. The van der Waals surface area contributed by atoms with E-state index >= 15 is 0 Å². The maximum Gasteiger partial charge on any atom is 0.295 e. The van der Waals surface area contributed by atoms with Crippen molar-refractivity contribution < 1.29 is 14.5 Å². The third-order valence-corrected chi connectivity index (χ3v) is 7.51. The monoisotopic (exact) mass is 561 g/mol. The summed E-state index contributed by atoms with van der Waals surface area (Å²) in [6, 6.07) is 28.4. The number of hydrogen-bond acceptors (Lipinski definition) is 7. The van der Waals surface area contributed by atoms with E-state index in [1.807, 2.05) is 53.4 Å². The Kier molecular flexibility index (Phi) is 7.10. The molecule has 42 heavy (non-hydrogen) atoms. The average Bonchev–Trinajstić information content (AvgIpc) is 3.05. The first kappa shape index (κ1) is 26.7. The molecule has 5 aromatic rings. The second-order valence-corrected chi connectivity index (χ2v) is 9.89. The molecule has 0 unspecified atom stereocenters. The van der Waals surface area contributed by atoms with Crippen LogP contribution in [0.25, 0.3) is 27.7 Å². The first-order valence-electron chi connectivity index (χ1n) is 13.5. The molecule has 1 fully saturated rings. The zero-order valence-corrected chi connectivity index (χ0v) is 22.8. The minimum atomic E-state index is -0.505. The van der Waals surface area contributed by atoms with Crippen molar-refractivity contribution in [3.8, 4) is 22.7 Å². The number of benzene rings is 4. The summed E-state index contributed by atoms with van der Waals surface area (Å²) in [5.74, 6) is 0.407. The Morgan fingerprint density at radius 2 is 1.52 bits per heavy atom. The lowest BCUT2D eigenvalue weighted by Crippen LogP contribution is -2.48. The predicted molar refractivity (Wildman–Crippen MR) is 161 cm³/mol. The average molecular weight is 562 g/mol. The number of anilines is 1. The fourth-order valence-corrected chi connectivity index (χ4v) is 5.35. The minimum Gasteiger partial charge on any atom is -0.496 e. The van der Waals surface area contributed by atoms with E-state index < -0.39 is 10.5 Å². The van der Waals surface area contributed by atoms with Crippen molar-refractivity contribution in [2.24, 2.45) is 0 Å². The number of carbonyl (C=O) groups is 1. The fourth-order valence-electron chi connectivity index (χ4n) is 5.35. The molecule has 4 aromatic carbocycles. The van der Waals surface area contributed by atoms with Gasteiger partial charge in [0.2, 0.25) is 0 Å². The maximum atomic E-state index is 13.7. The highest BCUT2D eigenvalue weighted by Gasteiger charge is 2.27. The van der Waals surface area contributed by atoms with Crippen LogP contribution in [-0.4, -0.2) is 58.8 Å². The van der Waals surface area contributed by atoms with Gasteiger partial charge < -0.3 is 14.5 Å². The number of hydrogen-bond donors (Lipinski definition) is 0. The van der Waals surface area contributed by atoms with Crippen LogP contribution in [0.15, 0.2) is 102 Å². The van der Waals surface area contributed by atoms with Crippen molar-refractivity contribution in [2.75, 3.05) is 38.2 Å². The molecule has 6 rings (SSSR count). The van der Waals surface area contributed by atoms with Crippen molar-refractivity contribution in [2.45, 2.75) is 0 Å². The first-order chi connectivity index (χ1) is 20.5. The molecule has 0 atom stereocenters. The molecule has 210 valence electrons. The van der Waals surface area contributed by atoms with Gasteiger partial charge in [0.1, 0.15) is 11.4 Å². The molecule has 1 aliphatic rings. The number of ether oxygens (including phenoxy) is 1. The molecule has 1 aromatic heterocycles. The van der Waals surface area contributed by atoms with Gasteiger partial charge in [-0.1, -0.05) is 60.7 Å². The van der Waals surface area contributed by atoms with E-state index in [2.05, 4.69) is 5.10 Å². The third-order valence-electron chi connectivity index (χ3n) is 7.51. The van der Waals surface area contributed by atoms with E-state index in [1.54, 1.807) is 47.4 Å². The van der Waals surface area contributed by atoms with E-state index in [0.717, 1.165) is 10.2 Å². The number of aromatic nitrogens is 2. The fraction of sp³-hybridized carbons (Fsp3) is 0.156. The van der Waals surface area contributed by atoms with Crippen molar-refractivity contribution in [1.82, 2.24) is 14.7 Å². The summed E-state index contributed by atoms with van der Waals surface area (Å²) in [5, 5.41) is 17.9. The Morgan fingerprint density at radius 1 is 0.857 bits per heavy atom. The van der Waals surface area contributed by atoms with Crippen molar-refractivity contribution >= 4 is 28.1 Å². The van der Waals surface area contributed by atoms with Crippen LogP contribution in [-0.2, 0) is 0 Å². The van der Waals surface area contributed by atoms with E-state index in [-0.39, 0.29) is 17.3 Å². The lowest BCUT2D eigenvalue weighted by molar-refractivity contribution is -0.384. The quantitative estimate of drug-likeness (QED) is 0.213. The normalized spacial score (nSPS) is 13.3. The third kappa shape index (κ3) is 4.83. The van der Waals surface area contributed by atoms with Crippen LogP contribution in [0.3, 0.4) is 0 Å². The topological polar surface area (TPSA) is 111 Å². The number of nitro benzene ring substituents is 1. The van der Waals surface area contributed by atoms with Gasteiger partial charge in [0.15, 0.2) is 0 Å². The molecule has 0 spiro atoms. The van der Waals surface area contributed by atoms with Crippen LogP contribution in [0.4, 0.5) is 11.4 Å². The highest BCUT2D eigenvalue weighted by Crippen LogP contribution is 2.31.